The number of para-hydroxylation sites is 2. The number of anilines is 2. The Kier molecular flexibility index (Phi) is 5.02. The predicted octanol–water partition coefficient (Wildman–Crippen LogP) is 6.89. The lowest BCUT2D eigenvalue weighted by Crippen LogP contribution is -2.15. The van der Waals surface area contributed by atoms with Crippen molar-refractivity contribution in [2.24, 2.45) is 5.92 Å². The number of fused-ring (bicyclic) bond motifs is 1. The Bertz CT molecular complexity index is 916. The van der Waals surface area contributed by atoms with E-state index in [-0.39, 0.29) is 0 Å². The lowest BCUT2D eigenvalue weighted by Gasteiger charge is -2.27. The van der Waals surface area contributed by atoms with Gasteiger partial charge in [-0.05, 0) is 54.0 Å². The van der Waals surface area contributed by atoms with Crippen LogP contribution in [0.4, 0.5) is 11.4 Å². The average molecular weight is 349 g/mol. The third kappa shape index (κ3) is 3.78. The molecule has 0 aromatic heterocycles. The molecule has 1 unspecified atom stereocenters. The molecule has 132 valence electrons. The summed E-state index contributed by atoms with van der Waals surface area (Å²) < 4.78 is 0. The number of hydrogen-bond acceptors (Lipinski definition) is 1. The Labute approximate surface area is 161 Å². The van der Waals surface area contributed by atoms with Crippen LogP contribution in [0.2, 0.25) is 0 Å². The van der Waals surface area contributed by atoms with Crippen LogP contribution in [0.15, 0.2) is 133 Å². The van der Waals surface area contributed by atoms with Crippen molar-refractivity contribution in [2.45, 2.75) is 6.42 Å². The molecule has 2 aromatic rings. The fraction of sp³-hybridized carbons (Fsp3) is 0.0769. The fourth-order valence-corrected chi connectivity index (χ4v) is 3.57. The summed E-state index contributed by atoms with van der Waals surface area (Å²) in [5, 5.41) is 0. The maximum atomic E-state index is 4.10. The van der Waals surface area contributed by atoms with E-state index in [2.05, 4.69) is 103 Å². The van der Waals surface area contributed by atoms with Crippen LogP contribution in [0.25, 0.3) is 0 Å². The van der Waals surface area contributed by atoms with Crippen molar-refractivity contribution in [3.63, 3.8) is 0 Å². The second-order valence-electron chi connectivity index (χ2n) is 6.71. The van der Waals surface area contributed by atoms with E-state index in [9.17, 15) is 0 Å². The highest BCUT2D eigenvalue weighted by molar-refractivity contribution is 5.70. The lowest BCUT2D eigenvalue weighted by molar-refractivity contribution is 0.775. The standard InChI is InChI=1S/C26H23N/c1-2-24(20-21-17-18-22-11-9-10-12-23(22)19-21)27(25-13-5-3-6-14-25)26-15-7-4-8-16-26/h2-17,19-20,22H,1,18H2. The first-order chi connectivity index (χ1) is 13.3. The van der Waals surface area contributed by atoms with Crippen molar-refractivity contribution in [3.05, 3.63) is 133 Å². The molecule has 1 nitrogen and oxygen atoms in total. The summed E-state index contributed by atoms with van der Waals surface area (Å²) >= 11 is 0. The zero-order chi connectivity index (χ0) is 18.5. The highest BCUT2D eigenvalue weighted by atomic mass is 15.1. The first kappa shape index (κ1) is 17.1. The molecule has 2 aliphatic carbocycles. The predicted molar refractivity (Wildman–Crippen MR) is 116 cm³/mol. The SMILES string of the molecule is C=CC(=CC1=CCC2C=CC=CC2=C1)N(c1ccccc1)c1ccccc1. The maximum absolute atomic E-state index is 4.10. The maximum Gasteiger partial charge on any atom is 0.0461 e. The van der Waals surface area contributed by atoms with E-state index in [0.717, 1.165) is 23.5 Å². The molecule has 0 fully saturated rings. The van der Waals surface area contributed by atoms with Crippen LogP contribution in [0.5, 0.6) is 0 Å². The summed E-state index contributed by atoms with van der Waals surface area (Å²) in [5.41, 5.74) is 5.91. The molecule has 0 N–H and O–H groups in total. The van der Waals surface area contributed by atoms with E-state index in [4.69, 9.17) is 0 Å². The number of rotatable bonds is 5. The molecule has 2 aromatic carbocycles. The van der Waals surface area contributed by atoms with Crippen LogP contribution >= 0.6 is 0 Å². The number of nitrogens with zero attached hydrogens (tertiary/aromatic N) is 1. The van der Waals surface area contributed by atoms with E-state index in [1.54, 1.807) is 0 Å². The minimum Gasteiger partial charge on any atom is -0.311 e. The first-order valence-corrected chi connectivity index (χ1v) is 9.36. The zero-order valence-corrected chi connectivity index (χ0v) is 15.3. The van der Waals surface area contributed by atoms with E-state index in [1.807, 2.05) is 18.2 Å². The zero-order valence-electron chi connectivity index (χ0n) is 15.3. The smallest absolute Gasteiger partial charge is 0.0461 e. The number of allylic oxidation sites excluding steroid dienone is 10. The molecule has 0 aliphatic heterocycles. The fourth-order valence-electron chi connectivity index (χ4n) is 3.57. The Morgan fingerprint density at radius 1 is 0.926 bits per heavy atom. The van der Waals surface area contributed by atoms with E-state index in [1.165, 1.54) is 11.1 Å². The summed E-state index contributed by atoms with van der Waals surface area (Å²) in [6.45, 7) is 4.10. The van der Waals surface area contributed by atoms with Crippen molar-refractivity contribution in [3.8, 4) is 0 Å². The molecular formula is C26H23N. The molecule has 4 rings (SSSR count). The Hall–Kier alpha value is -3.32. The van der Waals surface area contributed by atoms with Gasteiger partial charge in [0.2, 0.25) is 0 Å². The van der Waals surface area contributed by atoms with Gasteiger partial charge in [-0.3, -0.25) is 0 Å². The van der Waals surface area contributed by atoms with Gasteiger partial charge in [0.15, 0.2) is 0 Å². The molecule has 0 saturated heterocycles. The molecule has 0 bridgehead atoms. The van der Waals surface area contributed by atoms with Crippen molar-refractivity contribution in [1.82, 2.24) is 0 Å². The van der Waals surface area contributed by atoms with Gasteiger partial charge in [0.1, 0.15) is 0 Å². The van der Waals surface area contributed by atoms with E-state index in [0.29, 0.717) is 5.92 Å². The number of hydrogen-bond donors (Lipinski definition) is 0. The van der Waals surface area contributed by atoms with Crippen LogP contribution in [0.1, 0.15) is 6.42 Å². The topological polar surface area (TPSA) is 3.24 Å². The van der Waals surface area contributed by atoms with Gasteiger partial charge in [0, 0.05) is 23.0 Å². The van der Waals surface area contributed by atoms with Crippen LogP contribution in [0, 0.1) is 5.92 Å². The summed E-state index contributed by atoms with van der Waals surface area (Å²) in [6, 6.07) is 20.9. The van der Waals surface area contributed by atoms with Crippen molar-refractivity contribution >= 4 is 11.4 Å². The summed E-state index contributed by atoms with van der Waals surface area (Å²) in [7, 11) is 0. The third-order valence-electron chi connectivity index (χ3n) is 4.92. The van der Waals surface area contributed by atoms with Crippen LogP contribution in [0.3, 0.4) is 0 Å². The second-order valence-corrected chi connectivity index (χ2v) is 6.71. The summed E-state index contributed by atoms with van der Waals surface area (Å²) in [6.07, 6.45) is 18.5. The van der Waals surface area contributed by atoms with E-state index >= 15 is 0 Å². The normalized spacial score (nSPS) is 18.4. The highest BCUT2D eigenvalue weighted by Crippen LogP contribution is 2.33. The van der Waals surface area contributed by atoms with Gasteiger partial charge in [-0.2, -0.15) is 0 Å². The highest BCUT2D eigenvalue weighted by Gasteiger charge is 2.16. The Morgan fingerprint density at radius 2 is 1.59 bits per heavy atom. The Morgan fingerprint density at radius 3 is 2.22 bits per heavy atom. The van der Waals surface area contributed by atoms with Gasteiger partial charge in [0.25, 0.3) is 0 Å². The van der Waals surface area contributed by atoms with Gasteiger partial charge in [-0.25, -0.2) is 0 Å². The van der Waals surface area contributed by atoms with Crippen LogP contribution in [-0.2, 0) is 0 Å². The van der Waals surface area contributed by atoms with Gasteiger partial charge >= 0.3 is 0 Å². The quantitative estimate of drug-likeness (QED) is 0.531. The molecule has 0 heterocycles. The van der Waals surface area contributed by atoms with Gasteiger partial charge in [-0.15, -0.1) is 0 Å². The van der Waals surface area contributed by atoms with Crippen LogP contribution in [-0.4, -0.2) is 0 Å². The van der Waals surface area contributed by atoms with E-state index < -0.39 is 0 Å². The third-order valence-corrected chi connectivity index (χ3v) is 4.92. The molecule has 1 atom stereocenters. The molecule has 2 aliphatic rings. The lowest BCUT2D eigenvalue weighted by atomic mass is 9.85. The van der Waals surface area contributed by atoms with Gasteiger partial charge < -0.3 is 4.90 Å². The van der Waals surface area contributed by atoms with Gasteiger partial charge in [-0.1, -0.05) is 79.4 Å². The monoisotopic (exact) mass is 349 g/mol. The average Bonchev–Trinajstić information content (AvgIpc) is 2.74. The Balaban J connectivity index is 1.74. The largest absolute Gasteiger partial charge is 0.311 e. The van der Waals surface area contributed by atoms with Crippen molar-refractivity contribution < 1.29 is 0 Å². The first-order valence-electron chi connectivity index (χ1n) is 9.36. The summed E-state index contributed by atoms with van der Waals surface area (Å²) in [4.78, 5) is 2.25. The van der Waals surface area contributed by atoms with Crippen molar-refractivity contribution in [1.29, 1.82) is 0 Å². The molecule has 0 spiro atoms. The van der Waals surface area contributed by atoms with Crippen LogP contribution < -0.4 is 4.90 Å². The molecule has 0 amide bonds. The molecule has 27 heavy (non-hydrogen) atoms. The summed E-state index contributed by atoms with van der Waals surface area (Å²) in [5.74, 6) is 0.513. The van der Waals surface area contributed by atoms with Gasteiger partial charge in [0.05, 0.1) is 0 Å². The number of benzene rings is 2. The molecular weight excluding hydrogens is 326 g/mol. The molecule has 0 saturated carbocycles. The second kappa shape index (κ2) is 7.92. The molecule has 1 heteroatoms. The minimum absolute atomic E-state index is 0.513. The molecule has 0 radical (unpaired) electrons. The van der Waals surface area contributed by atoms with Crippen molar-refractivity contribution in [2.75, 3.05) is 4.90 Å². The minimum atomic E-state index is 0.513.